The van der Waals surface area contributed by atoms with Crippen molar-refractivity contribution >= 4 is 64.0 Å². The van der Waals surface area contributed by atoms with E-state index >= 15 is 4.39 Å². The zero-order chi connectivity index (χ0) is 41.9. The van der Waals surface area contributed by atoms with Gasteiger partial charge in [0.2, 0.25) is 17.5 Å². The van der Waals surface area contributed by atoms with Crippen LogP contribution in [-0.2, 0) is 9.59 Å². The number of benzene rings is 2. The Morgan fingerprint density at radius 3 is 2.25 bits per heavy atom. The molecule has 60 heavy (non-hydrogen) atoms. The van der Waals surface area contributed by atoms with E-state index in [0.29, 0.717) is 61.7 Å². The molecule has 0 bridgehead atoms. The molecule has 0 saturated carbocycles. The van der Waals surface area contributed by atoms with Crippen molar-refractivity contribution in [3.8, 4) is 0 Å². The number of piperidine rings is 3. The van der Waals surface area contributed by atoms with Gasteiger partial charge in [-0.15, -0.1) is 10.2 Å². The summed E-state index contributed by atoms with van der Waals surface area (Å²) in [6, 6.07) is 11.4. The molecule has 312 valence electrons. The second-order valence-electron chi connectivity index (χ2n) is 17.0. The van der Waals surface area contributed by atoms with Gasteiger partial charge in [-0.05, 0) is 87.3 Å². The van der Waals surface area contributed by atoms with Crippen molar-refractivity contribution in [2.75, 3.05) is 73.6 Å². The second kappa shape index (κ2) is 15.7. The Bertz CT molecular complexity index is 2300. The van der Waals surface area contributed by atoms with Crippen LogP contribution < -0.4 is 20.0 Å². The van der Waals surface area contributed by atoms with Gasteiger partial charge in [-0.25, -0.2) is 9.24 Å². The molecule has 2 atom stereocenters. The SMILES string of the molecule is [C-]#[N+]c1ccc(N2CC3(CCN(c4ccc(C(=O)N5CCC(N6CCN(c7cc8c(cc7F)C(=O)N(C7CCC(=O)NC7=O)C8=O)CC6)CC5)nn4)CC3)C[C@@H]2C)cc1Cl. The number of imide groups is 2. The molecule has 6 aliphatic heterocycles. The van der Waals surface area contributed by atoms with Gasteiger partial charge >= 0.3 is 0 Å². The van der Waals surface area contributed by atoms with Crippen LogP contribution >= 0.6 is 11.6 Å². The lowest BCUT2D eigenvalue weighted by molar-refractivity contribution is -0.136. The highest BCUT2D eigenvalue weighted by atomic mass is 35.5. The van der Waals surface area contributed by atoms with E-state index in [1.807, 2.05) is 28.0 Å². The highest BCUT2D eigenvalue weighted by Crippen LogP contribution is 2.46. The molecular weight excluding hydrogens is 791 g/mol. The lowest BCUT2D eigenvalue weighted by Gasteiger charge is -2.43. The van der Waals surface area contributed by atoms with Crippen LogP contribution in [0.25, 0.3) is 4.85 Å². The van der Waals surface area contributed by atoms with Crippen molar-refractivity contribution < 1.29 is 28.4 Å². The number of anilines is 3. The molecule has 0 aliphatic carbocycles. The summed E-state index contributed by atoms with van der Waals surface area (Å²) in [6.07, 6.45) is 4.76. The fraction of sp³-hybridized carbons (Fsp3) is 0.488. The molecule has 2 aromatic carbocycles. The summed E-state index contributed by atoms with van der Waals surface area (Å²) in [5, 5.41) is 11.5. The van der Waals surface area contributed by atoms with Crippen molar-refractivity contribution in [2.24, 2.45) is 5.41 Å². The predicted octanol–water partition coefficient (Wildman–Crippen LogP) is 4.53. The number of halogens is 2. The summed E-state index contributed by atoms with van der Waals surface area (Å²) in [5.74, 6) is -2.53. The number of nitrogens with one attached hydrogen (secondary N) is 1. The van der Waals surface area contributed by atoms with Gasteiger partial charge in [0.25, 0.3) is 17.7 Å². The first kappa shape index (κ1) is 39.8. The van der Waals surface area contributed by atoms with Gasteiger partial charge in [-0.3, -0.25) is 39.1 Å². The molecule has 1 N–H and O–H groups in total. The average Bonchev–Trinajstić information content (AvgIpc) is 3.70. The molecule has 9 rings (SSSR count). The minimum Gasteiger partial charge on any atom is -0.368 e. The summed E-state index contributed by atoms with van der Waals surface area (Å²) in [4.78, 5) is 79.1. The van der Waals surface area contributed by atoms with Crippen molar-refractivity contribution in [2.45, 2.75) is 70.0 Å². The Morgan fingerprint density at radius 2 is 1.60 bits per heavy atom. The van der Waals surface area contributed by atoms with Crippen molar-refractivity contribution in [3.63, 3.8) is 0 Å². The Hall–Kier alpha value is -5.66. The van der Waals surface area contributed by atoms with Crippen molar-refractivity contribution in [1.82, 2.24) is 30.2 Å². The monoisotopic (exact) mass is 836 g/mol. The van der Waals surface area contributed by atoms with Crippen molar-refractivity contribution in [3.05, 3.63) is 81.5 Å². The molecule has 1 aromatic heterocycles. The van der Waals surface area contributed by atoms with Crippen LogP contribution in [0.1, 0.15) is 83.1 Å². The van der Waals surface area contributed by atoms with Gasteiger partial charge in [0.05, 0.1) is 23.4 Å². The number of amides is 5. The summed E-state index contributed by atoms with van der Waals surface area (Å²) >= 11 is 6.37. The molecule has 1 unspecified atom stereocenters. The van der Waals surface area contributed by atoms with Crippen LogP contribution in [0, 0.1) is 17.8 Å². The Balaban J connectivity index is 0.745. The number of piperazine rings is 1. The average molecular weight is 837 g/mol. The molecule has 17 heteroatoms. The highest BCUT2D eigenvalue weighted by Gasteiger charge is 2.46. The maximum absolute atomic E-state index is 15.5. The van der Waals surface area contributed by atoms with Gasteiger partial charge < -0.3 is 19.6 Å². The van der Waals surface area contributed by atoms with Gasteiger partial charge in [0.15, 0.2) is 11.5 Å². The minimum atomic E-state index is -1.11. The van der Waals surface area contributed by atoms with E-state index < -0.39 is 35.5 Å². The molecule has 5 fully saturated rings. The predicted molar refractivity (Wildman–Crippen MR) is 221 cm³/mol. The number of hydrogen-bond acceptors (Lipinski definition) is 11. The van der Waals surface area contributed by atoms with Gasteiger partial charge in [0, 0.05) is 88.1 Å². The van der Waals surface area contributed by atoms with Crippen LogP contribution in [0.3, 0.4) is 0 Å². The van der Waals surface area contributed by atoms with Crippen LogP contribution in [0.2, 0.25) is 5.02 Å². The molecule has 15 nitrogen and oxygen atoms in total. The number of aromatic nitrogens is 2. The summed E-state index contributed by atoms with van der Waals surface area (Å²) in [5.41, 5.74) is 2.27. The lowest BCUT2D eigenvalue weighted by atomic mass is 9.77. The molecule has 7 heterocycles. The summed E-state index contributed by atoms with van der Waals surface area (Å²) in [6.45, 7) is 15.8. The van der Waals surface area contributed by atoms with E-state index in [2.05, 4.69) is 42.0 Å². The minimum absolute atomic E-state index is 0.00792. The number of carbonyl (C=O) groups is 5. The van der Waals surface area contributed by atoms with Crippen LogP contribution in [0.4, 0.5) is 27.3 Å². The second-order valence-corrected chi connectivity index (χ2v) is 17.4. The van der Waals surface area contributed by atoms with Gasteiger partial charge in [-0.2, -0.15) is 0 Å². The molecule has 0 radical (unpaired) electrons. The molecule has 5 amide bonds. The molecule has 1 spiro atoms. The lowest BCUT2D eigenvalue weighted by Crippen LogP contribution is -2.54. The number of nitrogens with zero attached hydrogens (tertiary/aromatic N) is 9. The van der Waals surface area contributed by atoms with E-state index in [1.54, 1.807) is 12.1 Å². The topological polar surface area (TPSA) is 147 Å². The van der Waals surface area contributed by atoms with Crippen LogP contribution in [-0.4, -0.2) is 131 Å². The first-order valence-electron chi connectivity index (χ1n) is 20.8. The van der Waals surface area contributed by atoms with E-state index in [4.69, 9.17) is 18.2 Å². The first-order chi connectivity index (χ1) is 28.9. The van der Waals surface area contributed by atoms with E-state index in [9.17, 15) is 24.0 Å². The maximum atomic E-state index is 15.5. The number of hydrogen-bond donors (Lipinski definition) is 1. The molecule has 3 aromatic rings. The van der Waals surface area contributed by atoms with Crippen LogP contribution in [0.5, 0.6) is 0 Å². The standard InChI is InChI=1S/C43H46ClFN10O5/c1-26-24-43(25-54(26)28-3-4-33(46-2)31(44)21-28)11-15-52(16-12-43)37-7-5-34(48-49-37)42(60)53-13-9-27(10-14-53)50-17-19-51(20-18-50)36-23-30-29(22-32(36)45)40(58)55(41(30)59)35-6-8-38(56)47-39(35)57/h3-5,7,21-23,26-27,35H,6,8-20,24-25H2,1H3,(H,47,56,57)/t26-,35?/m0/s1. The third-order valence-corrected chi connectivity index (χ3v) is 13.9. The largest absolute Gasteiger partial charge is 0.368 e. The number of rotatable bonds is 6. The molecule has 6 aliphatic rings. The summed E-state index contributed by atoms with van der Waals surface area (Å²) < 4.78 is 15.5. The Labute approximate surface area is 352 Å². The quantitative estimate of drug-likeness (QED) is 0.276. The van der Waals surface area contributed by atoms with E-state index in [1.165, 1.54) is 6.07 Å². The fourth-order valence-corrected chi connectivity index (χ4v) is 10.5. The zero-order valence-corrected chi connectivity index (χ0v) is 34.2. The molecule has 5 saturated heterocycles. The van der Waals surface area contributed by atoms with Gasteiger partial charge in [-0.1, -0.05) is 17.7 Å². The number of likely N-dealkylation sites (tertiary alicyclic amines) is 1. The normalized spacial score (nSPS) is 23.7. The van der Waals surface area contributed by atoms with Crippen molar-refractivity contribution in [1.29, 1.82) is 0 Å². The molecular formula is C43H46ClFN10O5. The maximum Gasteiger partial charge on any atom is 0.274 e. The Kier molecular flexibility index (Phi) is 10.4. The van der Waals surface area contributed by atoms with E-state index in [0.717, 1.165) is 74.2 Å². The smallest absolute Gasteiger partial charge is 0.274 e. The van der Waals surface area contributed by atoms with Crippen LogP contribution in [0.15, 0.2) is 42.5 Å². The Morgan fingerprint density at radius 1 is 0.883 bits per heavy atom. The third-order valence-electron chi connectivity index (χ3n) is 13.6. The third kappa shape index (κ3) is 7.21. The van der Waals surface area contributed by atoms with Gasteiger partial charge in [0.1, 0.15) is 11.9 Å². The number of fused-ring (bicyclic) bond motifs is 1. The summed E-state index contributed by atoms with van der Waals surface area (Å²) in [7, 11) is 0. The zero-order valence-electron chi connectivity index (χ0n) is 33.4. The number of carbonyl (C=O) groups excluding carboxylic acids is 5. The van der Waals surface area contributed by atoms with E-state index in [-0.39, 0.29) is 47.0 Å². The fourth-order valence-electron chi connectivity index (χ4n) is 10.3. The highest BCUT2D eigenvalue weighted by molar-refractivity contribution is 6.33. The first-order valence-corrected chi connectivity index (χ1v) is 21.2.